The fourth-order valence-electron chi connectivity index (χ4n) is 4.29. The number of ether oxygens (including phenoxy) is 1. The lowest BCUT2D eigenvalue weighted by atomic mass is 9.91. The van der Waals surface area contributed by atoms with Crippen molar-refractivity contribution in [2.45, 2.75) is 70.9 Å². The third-order valence-electron chi connectivity index (χ3n) is 5.98. The number of carbonyl (C=O) groups excluding carboxylic acids is 1. The monoisotopic (exact) mass is 500 g/mol. The second-order valence-corrected chi connectivity index (χ2v) is 12.3. The molecule has 0 saturated carbocycles. The molecule has 1 unspecified atom stereocenters. The van der Waals surface area contributed by atoms with Crippen molar-refractivity contribution in [1.82, 2.24) is 14.7 Å². The predicted molar refractivity (Wildman–Crippen MR) is 137 cm³/mol. The van der Waals surface area contributed by atoms with Gasteiger partial charge in [-0.3, -0.25) is 4.79 Å². The Bertz CT molecular complexity index is 1220. The van der Waals surface area contributed by atoms with Gasteiger partial charge in [0.15, 0.2) is 5.03 Å². The number of carbonyl (C=O) groups is 1. The highest BCUT2D eigenvalue weighted by Gasteiger charge is 2.39. The molecule has 35 heavy (non-hydrogen) atoms. The molecule has 3 rings (SSSR count). The van der Waals surface area contributed by atoms with Gasteiger partial charge in [-0.05, 0) is 51.3 Å². The molecule has 2 aromatic rings. The van der Waals surface area contributed by atoms with Gasteiger partial charge in [0.05, 0.1) is 5.56 Å². The van der Waals surface area contributed by atoms with Gasteiger partial charge in [0.2, 0.25) is 5.88 Å². The summed E-state index contributed by atoms with van der Waals surface area (Å²) in [5, 5.41) is -0.292. The van der Waals surface area contributed by atoms with Crippen molar-refractivity contribution >= 4 is 21.7 Å². The molecule has 1 fully saturated rings. The number of pyridine rings is 2. The van der Waals surface area contributed by atoms with E-state index >= 15 is 0 Å². The highest BCUT2D eigenvalue weighted by Crippen LogP contribution is 2.38. The summed E-state index contributed by atoms with van der Waals surface area (Å²) in [6, 6.07) is 7.86. The van der Waals surface area contributed by atoms with Crippen LogP contribution >= 0.6 is 0 Å². The SMILES string of the molecule is C/C=C/COc1cccc(S(=O)(=O)NC(=O)c2ccc(C(C)(C)C)nc2N2CC(C)CC2(C)C)n1. The molecule has 0 aromatic carbocycles. The van der Waals surface area contributed by atoms with Crippen LogP contribution in [0.5, 0.6) is 5.88 Å². The van der Waals surface area contributed by atoms with Crippen LogP contribution in [0.4, 0.5) is 5.82 Å². The quantitative estimate of drug-likeness (QED) is 0.560. The summed E-state index contributed by atoms with van der Waals surface area (Å²) in [7, 11) is -4.23. The Morgan fingerprint density at radius 1 is 1.23 bits per heavy atom. The summed E-state index contributed by atoms with van der Waals surface area (Å²) in [6.45, 7) is 15.4. The van der Waals surface area contributed by atoms with Crippen LogP contribution in [0.15, 0.2) is 47.5 Å². The molecule has 1 saturated heterocycles. The average Bonchev–Trinajstić information content (AvgIpc) is 3.04. The molecule has 190 valence electrons. The lowest BCUT2D eigenvalue weighted by Crippen LogP contribution is -2.41. The van der Waals surface area contributed by atoms with Gasteiger partial charge in [-0.2, -0.15) is 13.4 Å². The first-order chi connectivity index (χ1) is 16.2. The second kappa shape index (κ2) is 9.97. The number of rotatable bonds is 7. The van der Waals surface area contributed by atoms with Crippen molar-refractivity contribution in [2.24, 2.45) is 5.92 Å². The van der Waals surface area contributed by atoms with Crippen LogP contribution < -0.4 is 14.4 Å². The Labute approximate surface area is 208 Å². The van der Waals surface area contributed by atoms with E-state index in [1.165, 1.54) is 12.1 Å². The molecule has 1 aliphatic rings. The summed E-state index contributed by atoms with van der Waals surface area (Å²) in [5.74, 6) is 0.323. The second-order valence-electron chi connectivity index (χ2n) is 10.7. The number of amides is 1. The van der Waals surface area contributed by atoms with Crippen LogP contribution in [0.3, 0.4) is 0 Å². The molecule has 3 heterocycles. The first-order valence-electron chi connectivity index (χ1n) is 11.8. The zero-order valence-corrected chi connectivity index (χ0v) is 22.4. The Morgan fingerprint density at radius 2 is 1.94 bits per heavy atom. The van der Waals surface area contributed by atoms with Gasteiger partial charge in [-0.25, -0.2) is 9.71 Å². The van der Waals surface area contributed by atoms with Crippen molar-refractivity contribution in [3.8, 4) is 5.88 Å². The summed E-state index contributed by atoms with van der Waals surface area (Å²) in [5.41, 5.74) is 0.582. The van der Waals surface area contributed by atoms with Crippen LogP contribution in [0.2, 0.25) is 0 Å². The highest BCUT2D eigenvalue weighted by atomic mass is 32.2. The van der Waals surface area contributed by atoms with Gasteiger partial charge in [0, 0.05) is 29.3 Å². The minimum atomic E-state index is -4.23. The maximum absolute atomic E-state index is 13.3. The van der Waals surface area contributed by atoms with Crippen LogP contribution in [0, 0.1) is 5.92 Å². The van der Waals surface area contributed by atoms with E-state index < -0.39 is 15.9 Å². The number of hydrogen-bond acceptors (Lipinski definition) is 7. The van der Waals surface area contributed by atoms with E-state index in [9.17, 15) is 13.2 Å². The molecule has 0 aliphatic carbocycles. The maximum atomic E-state index is 13.3. The number of hydrogen-bond donors (Lipinski definition) is 1. The van der Waals surface area contributed by atoms with Gasteiger partial charge >= 0.3 is 0 Å². The zero-order chi connectivity index (χ0) is 26.0. The van der Waals surface area contributed by atoms with E-state index in [0.717, 1.165) is 18.7 Å². The van der Waals surface area contributed by atoms with Gasteiger partial charge in [-0.15, -0.1) is 0 Å². The third-order valence-corrected chi connectivity index (χ3v) is 7.21. The standard InChI is InChI=1S/C26H36N4O4S/c1-8-9-15-34-21-11-10-12-22(28-21)35(32,33)29-24(31)19-13-14-20(25(3,4)5)27-23(19)30-17-18(2)16-26(30,6)7/h8-14,18H,15-17H2,1-7H3,(H,29,31)/b9-8+. The molecular weight excluding hydrogens is 464 g/mol. The van der Waals surface area contributed by atoms with E-state index in [0.29, 0.717) is 11.7 Å². The predicted octanol–water partition coefficient (Wildman–Crippen LogP) is 4.47. The molecular formula is C26H36N4O4S. The van der Waals surface area contributed by atoms with Gasteiger partial charge < -0.3 is 9.64 Å². The lowest BCUT2D eigenvalue weighted by Gasteiger charge is -2.34. The molecule has 1 atom stereocenters. The number of sulfonamides is 1. The summed E-state index contributed by atoms with van der Waals surface area (Å²) >= 11 is 0. The number of aromatic nitrogens is 2. The van der Waals surface area contributed by atoms with Crippen LogP contribution in [0.1, 0.15) is 70.9 Å². The molecule has 1 N–H and O–H groups in total. The Balaban J connectivity index is 1.96. The van der Waals surface area contributed by atoms with Crippen molar-refractivity contribution < 1.29 is 17.9 Å². The van der Waals surface area contributed by atoms with E-state index in [4.69, 9.17) is 9.72 Å². The Kier molecular flexibility index (Phi) is 7.59. The van der Waals surface area contributed by atoms with Crippen molar-refractivity contribution in [2.75, 3.05) is 18.1 Å². The van der Waals surface area contributed by atoms with Crippen LogP contribution in [0.25, 0.3) is 0 Å². The van der Waals surface area contributed by atoms with E-state index in [1.807, 2.05) is 13.0 Å². The first kappa shape index (κ1) is 26.7. The normalized spacial score (nSPS) is 18.1. The first-order valence-corrected chi connectivity index (χ1v) is 13.3. The molecule has 1 aliphatic heterocycles. The van der Waals surface area contributed by atoms with E-state index in [-0.39, 0.29) is 34.0 Å². The maximum Gasteiger partial charge on any atom is 0.281 e. The molecule has 8 nitrogen and oxygen atoms in total. The smallest absolute Gasteiger partial charge is 0.281 e. The van der Waals surface area contributed by atoms with Gasteiger partial charge in [-0.1, -0.05) is 45.9 Å². The molecule has 0 spiro atoms. The average molecular weight is 501 g/mol. The van der Waals surface area contributed by atoms with E-state index in [2.05, 4.69) is 56.1 Å². The Hall–Kier alpha value is -2.94. The van der Waals surface area contributed by atoms with Crippen molar-refractivity contribution in [3.05, 3.63) is 53.7 Å². The Morgan fingerprint density at radius 3 is 2.54 bits per heavy atom. The van der Waals surface area contributed by atoms with Gasteiger partial charge in [0.1, 0.15) is 12.4 Å². The minimum Gasteiger partial charge on any atom is -0.473 e. The van der Waals surface area contributed by atoms with Crippen molar-refractivity contribution in [3.63, 3.8) is 0 Å². The molecule has 0 radical (unpaired) electrons. The minimum absolute atomic E-state index is 0.156. The molecule has 2 aromatic heterocycles. The largest absolute Gasteiger partial charge is 0.473 e. The number of nitrogens with one attached hydrogen (secondary N) is 1. The summed E-state index contributed by atoms with van der Waals surface area (Å²) in [4.78, 5) is 24.4. The number of allylic oxidation sites excluding steroid dienone is 1. The fourth-order valence-corrected chi connectivity index (χ4v) is 5.22. The van der Waals surface area contributed by atoms with Crippen LogP contribution in [-0.2, 0) is 15.4 Å². The third kappa shape index (κ3) is 6.20. The fraction of sp³-hybridized carbons (Fsp3) is 0.500. The highest BCUT2D eigenvalue weighted by molar-refractivity contribution is 7.90. The van der Waals surface area contributed by atoms with Crippen LogP contribution in [-0.4, -0.2) is 43.0 Å². The molecule has 0 bridgehead atoms. The topological polar surface area (TPSA) is 101 Å². The van der Waals surface area contributed by atoms with E-state index in [1.54, 1.807) is 24.3 Å². The summed E-state index contributed by atoms with van der Waals surface area (Å²) in [6.07, 6.45) is 4.54. The van der Waals surface area contributed by atoms with Gasteiger partial charge in [0.25, 0.3) is 15.9 Å². The zero-order valence-electron chi connectivity index (χ0n) is 21.6. The molecule has 9 heteroatoms. The number of nitrogens with zero attached hydrogens (tertiary/aromatic N) is 3. The lowest BCUT2D eigenvalue weighted by molar-refractivity contribution is 0.0981. The summed E-state index contributed by atoms with van der Waals surface area (Å²) < 4.78 is 33.7. The van der Waals surface area contributed by atoms with Crippen molar-refractivity contribution in [1.29, 1.82) is 0 Å². The molecule has 1 amide bonds. The number of anilines is 1.